The van der Waals surface area contributed by atoms with Gasteiger partial charge in [-0.15, -0.1) is 0 Å². The molecule has 42 heavy (non-hydrogen) atoms. The zero-order valence-electron chi connectivity index (χ0n) is 23.0. The lowest BCUT2D eigenvalue weighted by Gasteiger charge is -2.26. The van der Waals surface area contributed by atoms with E-state index >= 15 is 0 Å². The SMILES string of the molecule is OCCc1cn(-c2ccc3ncnc(Nc4ccc(OCc5cccc(F)c5)c(Cl)c4)c3c2)cc1CN1CCOCC1. The highest BCUT2D eigenvalue weighted by atomic mass is 35.5. The zero-order chi connectivity index (χ0) is 28.9. The van der Waals surface area contributed by atoms with Gasteiger partial charge >= 0.3 is 0 Å². The fourth-order valence-corrected chi connectivity index (χ4v) is 5.34. The molecular weight excluding hydrogens is 557 g/mol. The monoisotopic (exact) mass is 587 g/mol. The molecule has 0 unspecified atom stereocenters. The molecular formula is C32H31ClFN5O3. The molecule has 10 heteroatoms. The molecule has 0 spiro atoms. The summed E-state index contributed by atoms with van der Waals surface area (Å²) in [7, 11) is 0. The number of halogens is 2. The summed E-state index contributed by atoms with van der Waals surface area (Å²) in [6.45, 7) is 4.40. The number of nitrogens with zero attached hydrogens (tertiary/aromatic N) is 4. The molecule has 0 bridgehead atoms. The Kier molecular flexibility index (Phi) is 8.62. The maximum absolute atomic E-state index is 13.5. The predicted molar refractivity (Wildman–Crippen MR) is 161 cm³/mol. The Morgan fingerprint density at radius 2 is 1.86 bits per heavy atom. The van der Waals surface area contributed by atoms with Crippen molar-refractivity contribution in [1.82, 2.24) is 19.4 Å². The second-order valence-corrected chi connectivity index (χ2v) is 10.6. The Balaban J connectivity index is 1.23. The van der Waals surface area contributed by atoms with E-state index in [0.29, 0.717) is 23.0 Å². The minimum absolute atomic E-state index is 0.0942. The second kappa shape index (κ2) is 12.9. The summed E-state index contributed by atoms with van der Waals surface area (Å²) in [5.41, 5.74) is 5.54. The van der Waals surface area contributed by atoms with Crippen molar-refractivity contribution in [2.45, 2.75) is 19.6 Å². The van der Waals surface area contributed by atoms with Gasteiger partial charge in [0.1, 0.15) is 30.3 Å². The number of fused-ring (bicyclic) bond motifs is 1. The van der Waals surface area contributed by atoms with Crippen molar-refractivity contribution in [1.29, 1.82) is 0 Å². The van der Waals surface area contributed by atoms with Crippen LogP contribution in [-0.2, 0) is 24.3 Å². The van der Waals surface area contributed by atoms with Crippen LogP contribution in [0.5, 0.6) is 5.75 Å². The van der Waals surface area contributed by atoms with Crippen LogP contribution in [0.15, 0.2) is 79.4 Å². The Bertz CT molecular complexity index is 1690. The number of aliphatic hydroxyl groups excluding tert-OH is 1. The number of aromatic nitrogens is 3. The van der Waals surface area contributed by atoms with Crippen LogP contribution in [0.4, 0.5) is 15.9 Å². The highest BCUT2D eigenvalue weighted by Gasteiger charge is 2.16. The number of nitrogens with one attached hydrogen (secondary N) is 1. The quantitative estimate of drug-likeness (QED) is 0.210. The topological polar surface area (TPSA) is 84.7 Å². The van der Waals surface area contributed by atoms with Crippen molar-refractivity contribution < 1.29 is 19.0 Å². The summed E-state index contributed by atoms with van der Waals surface area (Å²) in [5, 5.41) is 14.3. The third-order valence-electron chi connectivity index (χ3n) is 7.28. The van der Waals surface area contributed by atoms with E-state index in [1.807, 2.05) is 18.2 Å². The minimum atomic E-state index is -0.308. The largest absolute Gasteiger partial charge is 0.487 e. The molecule has 3 aromatic carbocycles. The van der Waals surface area contributed by atoms with E-state index < -0.39 is 0 Å². The molecule has 1 aliphatic rings. The first kappa shape index (κ1) is 28.1. The summed E-state index contributed by atoms with van der Waals surface area (Å²) in [6.07, 6.45) is 6.35. The molecule has 6 rings (SSSR count). The van der Waals surface area contributed by atoms with Gasteiger partial charge in [0.15, 0.2) is 0 Å². The molecule has 216 valence electrons. The Morgan fingerprint density at radius 3 is 2.67 bits per heavy atom. The minimum Gasteiger partial charge on any atom is -0.487 e. The Labute approximate surface area is 248 Å². The number of hydrogen-bond donors (Lipinski definition) is 2. The van der Waals surface area contributed by atoms with Crippen LogP contribution in [0, 0.1) is 5.82 Å². The number of hydrogen-bond acceptors (Lipinski definition) is 7. The van der Waals surface area contributed by atoms with Crippen molar-refractivity contribution in [3.8, 4) is 11.4 Å². The van der Waals surface area contributed by atoms with Gasteiger partial charge in [-0.1, -0.05) is 23.7 Å². The first-order valence-electron chi connectivity index (χ1n) is 13.9. The number of benzene rings is 3. The standard InChI is InChI=1S/C32H31ClFN5O3/c33-29-15-26(4-7-31(29)42-20-22-2-1-3-25(34)14-22)37-32-28-16-27(5-6-30(28)35-21-36-32)39-18-23(8-11-40)24(19-39)17-38-9-12-41-13-10-38/h1-7,14-16,18-19,21,40H,8-13,17,20H2,(H,35,36,37). The van der Waals surface area contributed by atoms with Crippen LogP contribution >= 0.6 is 11.6 Å². The van der Waals surface area contributed by atoms with Gasteiger partial charge in [-0.25, -0.2) is 14.4 Å². The molecule has 0 atom stereocenters. The first-order valence-corrected chi connectivity index (χ1v) is 14.2. The molecule has 0 saturated carbocycles. The predicted octanol–water partition coefficient (Wildman–Crippen LogP) is 5.90. The number of anilines is 2. The van der Waals surface area contributed by atoms with Gasteiger partial charge in [-0.3, -0.25) is 4.90 Å². The average molecular weight is 588 g/mol. The van der Waals surface area contributed by atoms with Gasteiger partial charge in [-0.05, 0) is 71.6 Å². The molecule has 8 nitrogen and oxygen atoms in total. The van der Waals surface area contributed by atoms with Gasteiger partial charge in [-0.2, -0.15) is 0 Å². The van der Waals surface area contributed by atoms with E-state index in [4.69, 9.17) is 21.1 Å². The summed E-state index contributed by atoms with van der Waals surface area (Å²) >= 11 is 6.53. The molecule has 1 aliphatic heterocycles. The number of rotatable bonds is 10. The van der Waals surface area contributed by atoms with E-state index in [9.17, 15) is 9.50 Å². The summed E-state index contributed by atoms with van der Waals surface area (Å²) in [6, 6.07) is 17.7. The van der Waals surface area contributed by atoms with E-state index in [0.717, 1.165) is 66.3 Å². The first-order chi connectivity index (χ1) is 20.6. The highest BCUT2D eigenvalue weighted by molar-refractivity contribution is 6.32. The van der Waals surface area contributed by atoms with Crippen LogP contribution in [-0.4, -0.2) is 57.5 Å². The normalized spacial score (nSPS) is 13.9. The second-order valence-electron chi connectivity index (χ2n) is 10.2. The lowest BCUT2D eigenvalue weighted by molar-refractivity contribution is 0.0340. The summed E-state index contributed by atoms with van der Waals surface area (Å²) < 4.78 is 26.9. The Morgan fingerprint density at radius 1 is 1.00 bits per heavy atom. The van der Waals surface area contributed by atoms with E-state index in [-0.39, 0.29) is 19.0 Å². The van der Waals surface area contributed by atoms with Crippen LogP contribution < -0.4 is 10.1 Å². The average Bonchev–Trinajstić information content (AvgIpc) is 3.39. The van der Waals surface area contributed by atoms with Gasteiger partial charge in [0.25, 0.3) is 0 Å². The number of ether oxygens (including phenoxy) is 2. The number of aliphatic hydroxyl groups is 1. The van der Waals surface area contributed by atoms with Crippen LogP contribution in [0.1, 0.15) is 16.7 Å². The fourth-order valence-electron chi connectivity index (χ4n) is 5.10. The molecule has 1 fully saturated rings. The van der Waals surface area contributed by atoms with Gasteiger partial charge in [0.2, 0.25) is 0 Å². The molecule has 1 saturated heterocycles. The van der Waals surface area contributed by atoms with Crippen molar-refractivity contribution in [2.75, 3.05) is 38.2 Å². The zero-order valence-corrected chi connectivity index (χ0v) is 23.7. The highest BCUT2D eigenvalue weighted by Crippen LogP contribution is 2.32. The van der Waals surface area contributed by atoms with E-state index in [1.54, 1.807) is 24.3 Å². The molecule has 5 aromatic rings. The third-order valence-corrected chi connectivity index (χ3v) is 7.57. The molecule has 3 heterocycles. The molecule has 0 amide bonds. The molecule has 2 N–H and O–H groups in total. The van der Waals surface area contributed by atoms with Gasteiger partial charge in [0.05, 0.1) is 23.8 Å². The van der Waals surface area contributed by atoms with Crippen molar-refractivity contribution >= 4 is 34.0 Å². The van der Waals surface area contributed by atoms with E-state index in [1.165, 1.54) is 24.0 Å². The molecule has 0 aliphatic carbocycles. The maximum atomic E-state index is 13.5. The van der Waals surface area contributed by atoms with E-state index in [2.05, 4.69) is 43.2 Å². The maximum Gasteiger partial charge on any atom is 0.141 e. The lowest BCUT2D eigenvalue weighted by atomic mass is 10.1. The van der Waals surface area contributed by atoms with Crippen molar-refractivity contribution in [3.05, 3.63) is 107 Å². The Hall–Kier alpha value is -4.02. The smallest absolute Gasteiger partial charge is 0.141 e. The summed E-state index contributed by atoms with van der Waals surface area (Å²) in [5.74, 6) is 0.834. The number of morpholine rings is 1. The van der Waals surface area contributed by atoms with Gasteiger partial charge < -0.3 is 24.5 Å². The van der Waals surface area contributed by atoms with Crippen molar-refractivity contribution in [2.24, 2.45) is 0 Å². The molecule has 0 radical (unpaired) electrons. The van der Waals surface area contributed by atoms with Crippen LogP contribution in [0.3, 0.4) is 0 Å². The van der Waals surface area contributed by atoms with Crippen LogP contribution in [0.25, 0.3) is 16.6 Å². The summed E-state index contributed by atoms with van der Waals surface area (Å²) in [4.78, 5) is 11.3. The fraction of sp³-hybridized carbons (Fsp3) is 0.250. The van der Waals surface area contributed by atoms with Gasteiger partial charge in [0, 0.05) is 55.4 Å². The van der Waals surface area contributed by atoms with Crippen LogP contribution in [0.2, 0.25) is 5.02 Å². The van der Waals surface area contributed by atoms with Crippen molar-refractivity contribution in [3.63, 3.8) is 0 Å². The molecule has 2 aromatic heterocycles. The third kappa shape index (κ3) is 6.55. The lowest BCUT2D eigenvalue weighted by Crippen LogP contribution is -2.35.